The van der Waals surface area contributed by atoms with Crippen LogP contribution in [-0.4, -0.2) is 69.7 Å². The topological polar surface area (TPSA) is 130 Å². The molecule has 3 rings (SSSR count). The van der Waals surface area contributed by atoms with Crippen molar-refractivity contribution in [1.29, 1.82) is 0 Å². The molecule has 33 heavy (non-hydrogen) atoms. The lowest BCUT2D eigenvalue weighted by atomic mass is 9.90. The van der Waals surface area contributed by atoms with Crippen LogP contribution in [0.2, 0.25) is 5.02 Å². The maximum Gasteiger partial charge on any atom is 0.429 e. The Morgan fingerprint density at radius 2 is 2.00 bits per heavy atom. The zero-order chi connectivity index (χ0) is 24.2. The van der Waals surface area contributed by atoms with Crippen LogP contribution in [0.15, 0.2) is 18.3 Å². The molecule has 1 aromatic heterocycles. The van der Waals surface area contributed by atoms with Gasteiger partial charge in [-0.2, -0.15) is 0 Å². The first kappa shape index (κ1) is 24.6. The summed E-state index contributed by atoms with van der Waals surface area (Å²) in [6.45, 7) is 5.91. The zero-order valence-electron chi connectivity index (χ0n) is 18.8. The number of anilines is 1. The lowest BCUT2D eigenvalue weighted by molar-refractivity contribution is -0.140. The quantitative estimate of drug-likeness (QED) is 0.501. The number of aromatic nitrogens is 1. The van der Waals surface area contributed by atoms with Crippen LogP contribution in [0.1, 0.15) is 46.5 Å². The van der Waals surface area contributed by atoms with Gasteiger partial charge < -0.3 is 19.7 Å². The van der Waals surface area contributed by atoms with Gasteiger partial charge in [-0.1, -0.05) is 11.6 Å². The summed E-state index contributed by atoms with van der Waals surface area (Å²) in [5.74, 6) is -1.93. The molecule has 180 valence electrons. The minimum Gasteiger partial charge on any atom is -0.448 e. The maximum atomic E-state index is 12.9. The van der Waals surface area contributed by atoms with Crippen molar-refractivity contribution in [2.45, 2.75) is 64.1 Å². The van der Waals surface area contributed by atoms with E-state index in [1.54, 1.807) is 25.7 Å². The first-order valence-electron chi connectivity index (χ1n) is 10.7. The van der Waals surface area contributed by atoms with Gasteiger partial charge in [-0.3, -0.25) is 15.0 Å². The van der Waals surface area contributed by atoms with E-state index in [-0.39, 0.29) is 18.0 Å². The van der Waals surface area contributed by atoms with E-state index in [2.05, 4.69) is 15.7 Å². The molecule has 2 fully saturated rings. The number of ether oxygens (including phenoxy) is 2. The summed E-state index contributed by atoms with van der Waals surface area (Å²) < 4.78 is 10.5. The fourth-order valence-corrected chi connectivity index (χ4v) is 3.89. The lowest BCUT2D eigenvalue weighted by Crippen LogP contribution is -2.58. The van der Waals surface area contributed by atoms with Gasteiger partial charge in [-0.15, -0.1) is 0 Å². The third-order valence-electron chi connectivity index (χ3n) is 5.20. The predicted octanol–water partition coefficient (Wildman–Crippen LogP) is 2.71. The SMILES string of the molecule is CC(C)(C)OC(=O)N(NC(=O)C(=O)Nc1ccc(Cl)cn1)C1CCC[C@H](N2CCOC2=O)C1. The number of nitrogens with zero attached hydrogens (tertiary/aromatic N) is 3. The summed E-state index contributed by atoms with van der Waals surface area (Å²) in [4.78, 5) is 55.5. The monoisotopic (exact) mass is 481 g/mol. The number of rotatable bonds is 3. The number of hydrogen-bond donors (Lipinski definition) is 2. The van der Waals surface area contributed by atoms with Crippen molar-refractivity contribution in [3.05, 3.63) is 23.4 Å². The average molecular weight is 482 g/mol. The number of carbonyl (C=O) groups is 4. The van der Waals surface area contributed by atoms with Crippen LogP contribution in [-0.2, 0) is 19.1 Å². The summed E-state index contributed by atoms with van der Waals surface area (Å²) in [6.07, 6.45) is 2.60. The fourth-order valence-electron chi connectivity index (χ4n) is 3.77. The van der Waals surface area contributed by atoms with E-state index in [1.807, 2.05) is 0 Å². The van der Waals surface area contributed by atoms with Gasteiger partial charge >= 0.3 is 24.0 Å². The van der Waals surface area contributed by atoms with Gasteiger partial charge in [-0.05, 0) is 58.6 Å². The van der Waals surface area contributed by atoms with Crippen LogP contribution >= 0.6 is 11.6 Å². The Balaban J connectivity index is 1.72. The van der Waals surface area contributed by atoms with Crippen molar-refractivity contribution in [2.24, 2.45) is 0 Å². The van der Waals surface area contributed by atoms with Crippen LogP contribution in [0.3, 0.4) is 0 Å². The Labute approximate surface area is 196 Å². The number of amides is 4. The minimum atomic E-state index is -1.06. The van der Waals surface area contributed by atoms with E-state index in [9.17, 15) is 19.2 Å². The number of cyclic esters (lactones) is 1. The maximum absolute atomic E-state index is 12.9. The van der Waals surface area contributed by atoms with Gasteiger partial charge in [0.15, 0.2) is 0 Å². The highest BCUT2D eigenvalue weighted by atomic mass is 35.5. The number of pyridine rings is 1. The molecule has 12 heteroatoms. The Bertz CT molecular complexity index is 903. The number of carbonyl (C=O) groups excluding carboxylic acids is 4. The van der Waals surface area contributed by atoms with Crippen LogP contribution in [0.5, 0.6) is 0 Å². The van der Waals surface area contributed by atoms with Crippen molar-refractivity contribution >= 4 is 41.4 Å². The number of hydrogen-bond acceptors (Lipinski definition) is 7. The number of nitrogens with one attached hydrogen (secondary N) is 2. The molecule has 0 spiro atoms. The van der Waals surface area contributed by atoms with Crippen molar-refractivity contribution in [3.8, 4) is 0 Å². The molecule has 0 bridgehead atoms. The second kappa shape index (κ2) is 10.2. The van der Waals surface area contributed by atoms with Crippen molar-refractivity contribution < 1.29 is 28.7 Å². The van der Waals surface area contributed by atoms with Crippen LogP contribution in [0.25, 0.3) is 0 Å². The number of halogens is 1. The minimum absolute atomic E-state index is 0.133. The molecule has 1 aliphatic carbocycles. The van der Waals surface area contributed by atoms with Crippen LogP contribution in [0, 0.1) is 0 Å². The summed E-state index contributed by atoms with van der Waals surface area (Å²) >= 11 is 5.78. The van der Waals surface area contributed by atoms with E-state index in [1.165, 1.54) is 18.3 Å². The highest BCUT2D eigenvalue weighted by Crippen LogP contribution is 2.28. The Hall–Kier alpha value is -3.08. The molecular weight excluding hydrogens is 454 g/mol. The highest BCUT2D eigenvalue weighted by Gasteiger charge is 2.39. The third-order valence-corrected chi connectivity index (χ3v) is 5.43. The van der Waals surface area contributed by atoms with E-state index in [0.29, 0.717) is 31.0 Å². The van der Waals surface area contributed by atoms with Gasteiger partial charge in [0, 0.05) is 12.2 Å². The van der Waals surface area contributed by atoms with E-state index in [4.69, 9.17) is 21.1 Å². The first-order chi connectivity index (χ1) is 15.5. The number of hydrazine groups is 1. The van der Waals surface area contributed by atoms with E-state index < -0.39 is 29.6 Å². The Kier molecular flexibility index (Phi) is 7.62. The molecule has 0 aromatic carbocycles. The Morgan fingerprint density at radius 3 is 2.61 bits per heavy atom. The molecule has 1 aromatic rings. The summed E-state index contributed by atoms with van der Waals surface area (Å²) in [5.41, 5.74) is 1.57. The van der Waals surface area contributed by atoms with Gasteiger partial charge in [0.05, 0.1) is 17.6 Å². The summed E-state index contributed by atoms with van der Waals surface area (Å²) in [5, 5.41) is 3.78. The van der Waals surface area contributed by atoms with Gasteiger partial charge in [-0.25, -0.2) is 19.6 Å². The molecule has 4 amide bonds. The predicted molar refractivity (Wildman–Crippen MR) is 118 cm³/mol. The molecule has 1 aliphatic heterocycles. The summed E-state index contributed by atoms with van der Waals surface area (Å²) in [7, 11) is 0. The molecule has 1 saturated heterocycles. The third kappa shape index (κ3) is 6.70. The van der Waals surface area contributed by atoms with Gasteiger partial charge in [0.2, 0.25) is 0 Å². The zero-order valence-corrected chi connectivity index (χ0v) is 19.6. The fraction of sp³-hybridized carbons (Fsp3) is 0.571. The molecule has 2 atom stereocenters. The molecule has 1 saturated carbocycles. The van der Waals surface area contributed by atoms with Crippen molar-refractivity contribution in [2.75, 3.05) is 18.5 Å². The van der Waals surface area contributed by atoms with E-state index in [0.717, 1.165) is 17.9 Å². The second-order valence-corrected chi connectivity index (χ2v) is 9.33. The molecule has 2 aliphatic rings. The highest BCUT2D eigenvalue weighted by molar-refractivity contribution is 6.39. The van der Waals surface area contributed by atoms with E-state index >= 15 is 0 Å². The molecular formula is C21H28ClN5O6. The molecule has 0 radical (unpaired) electrons. The normalized spacial score (nSPS) is 20.6. The molecule has 2 heterocycles. The van der Waals surface area contributed by atoms with Crippen molar-refractivity contribution in [3.63, 3.8) is 0 Å². The molecule has 2 N–H and O–H groups in total. The largest absolute Gasteiger partial charge is 0.448 e. The summed E-state index contributed by atoms with van der Waals surface area (Å²) in [6, 6.07) is 2.34. The van der Waals surface area contributed by atoms with Crippen molar-refractivity contribution in [1.82, 2.24) is 20.3 Å². The Morgan fingerprint density at radius 1 is 1.24 bits per heavy atom. The van der Waals surface area contributed by atoms with Crippen LogP contribution < -0.4 is 10.7 Å². The molecule has 11 nitrogen and oxygen atoms in total. The smallest absolute Gasteiger partial charge is 0.429 e. The first-order valence-corrected chi connectivity index (χ1v) is 11.1. The van der Waals surface area contributed by atoms with Gasteiger partial charge in [0.25, 0.3) is 0 Å². The lowest BCUT2D eigenvalue weighted by Gasteiger charge is -2.39. The standard InChI is InChI=1S/C21H28ClN5O6/c1-21(2,3)33-20(31)27(15-6-4-5-14(11-15)26-9-10-32-19(26)30)25-18(29)17(28)24-16-8-7-13(22)12-23-16/h7-8,12,14-15H,4-6,9-11H2,1-3H3,(H,25,29)(H,23,24,28)/t14-,15?/m0/s1. The average Bonchev–Trinajstić information content (AvgIpc) is 3.18. The second-order valence-electron chi connectivity index (χ2n) is 8.89. The molecule has 1 unspecified atom stereocenters. The van der Waals surface area contributed by atoms with Crippen LogP contribution in [0.4, 0.5) is 15.4 Å². The van der Waals surface area contributed by atoms with Gasteiger partial charge in [0.1, 0.15) is 18.0 Å².